The van der Waals surface area contributed by atoms with E-state index in [2.05, 4.69) is 26.9 Å². The lowest BCUT2D eigenvalue weighted by Gasteiger charge is -2.29. The molecule has 0 fully saturated rings. The van der Waals surface area contributed by atoms with Gasteiger partial charge in [0.1, 0.15) is 0 Å². The molecule has 0 bridgehead atoms. The highest BCUT2D eigenvalue weighted by atomic mass is 79.9. The summed E-state index contributed by atoms with van der Waals surface area (Å²) < 4.78 is 1.06. The van der Waals surface area contributed by atoms with Gasteiger partial charge in [0.2, 0.25) is 0 Å². The average molecular weight is 287 g/mol. The summed E-state index contributed by atoms with van der Waals surface area (Å²) in [7, 11) is 1.98. The minimum atomic E-state index is -0.346. The summed E-state index contributed by atoms with van der Waals surface area (Å²) >= 11 is 3.53. The summed E-state index contributed by atoms with van der Waals surface area (Å²) in [6.07, 6.45) is -0.346. The van der Waals surface area contributed by atoms with Gasteiger partial charge in [0.25, 0.3) is 0 Å². The van der Waals surface area contributed by atoms with Crippen LogP contribution in [0.15, 0.2) is 28.7 Å². The van der Waals surface area contributed by atoms with Gasteiger partial charge in [0, 0.05) is 23.6 Å². The number of halogens is 1. The smallest absolute Gasteiger partial charge is 0.0639 e. The number of rotatable bonds is 5. The minimum absolute atomic E-state index is 0.130. The number of aliphatic hydroxyl groups excluding tert-OH is 1. The van der Waals surface area contributed by atoms with Crippen molar-refractivity contribution in [1.82, 2.24) is 4.90 Å². The fourth-order valence-corrected chi connectivity index (χ4v) is 2.38. The van der Waals surface area contributed by atoms with Crippen LogP contribution < -0.4 is 5.73 Å². The van der Waals surface area contributed by atoms with Crippen LogP contribution in [0.4, 0.5) is 0 Å². The summed E-state index contributed by atoms with van der Waals surface area (Å²) in [5.74, 6) is 0. The third-order valence-corrected chi connectivity index (χ3v) is 3.29. The number of aliphatic hydroxyl groups is 1. The van der Waals surface area contributed by atoms with Crippen LogP contribution in [0.25, 0.3) is 0 Å². The Balaban J connectivity index is 2.86. The molecule has 16 heavy (non-hydrogen) atoms. The summed E-state index contributed by atoms with van der Waals surface area (Å²) in [5, 5.41) is 9.39. The first kappa shape index (κ1) is 13.6. The van der Waals surface area contributed by atoms with E-state index in [1.807, 2.05) is 25.2 Å². The SMILES string of the molecule is CC(O)CN(C)C(CN)c1ccccc1Br. The topological polar surface area (TPSA) is 49.5 Å². The van der Waals surface area contributed by atoms with Crippen molar-refractivity contribution in [2.24, 2.45) is 5.73 Å². The van der Waals surface area contributed by atoms with E-state index in [4.69, 9.17) is 5.73 Å². The first-order valence-electron chi connectivity index (χ1n) is 5.39. The van der Waals surface area contributed by atoms with Crippen LogP contribution in [0.5, 0.6) is 0 Å². The van der Waals surface area contributed by atoms with Gasteiger partial charge in [0.15, 0.2) is 0 Å². The zero-order chi connectivity index (χ0) is 12.1. The molecule has 1 rings (SSSR count). The van der Waals surface area contributed by atoms with Crippen molar-refractivity contribution in [3.63, 3.8) is 0 Å². The summed E-state index contributed by atoms with van der Waals surface area (Å²) in [5.41, 5.74) is 6.97. The third-order valence-electron chi connectivity index (χ3n) is 2.57. The molecule has 0 heterocycles. The molecule has 0 spiro atoms. The molecule has 1 aromatic rings. The molecule has 3 nitrogen and oxygen atoms in total. The van der Waals surface area contributed by atoms with Crippen molar-refractivity contribution >= 4 is 15.9 Å². The zero-order valence-corrected chi connectivity index (χ0v) is 11.3. The molecule has 0 radical (unpaired) electrons. The molecule has 0 saturated carbocycles. The van der Waals surface area contributed by atoms with Crippen molar-refractivity contribution in [3.8, 4) is 0 Å². The van der Waals surface area contributed by atoms with Gasteiger partial charge in [-0.05, 0) is 25.6 Å². The van der Waals surface area contributed by atoms with Crippen molar-refractivity contribution in [1.29, 1.82) is 0 Å². The maximum absolute atomic E-state index is 9.39. The average Bonchev–Trinajstić information content (AvgIpc) is 2.20. The number of nitrogens with zero attached hydrogens (tertiary/aromatic N) is 1. The molecular weight excluding hydrogens is 268 g/mol. The second kappa shape index (κ2) is 6.35. The molecule has 2 unspecified atom stereocenters. The van der Waals surface area contributed by atoms with E-state index >= 15 is 0 Å². The predicted octanol–water partition coefficient (Wildman–Crippen LogP) is 1.76. The molecule has 2 atom stereocenters. The van der Waals surface area contributed by atoms with Crippen molar-refractivity contribution in [3.05, 3.63) is 34.3 Å². The van der Waals surface area contributed by atoms with E-state index in [0.717, 1.165) is 10.0 Å². The zero-order valence-electron chi connectivity index (χ0n) is 9.73. The normalized spacial score (nSPS) is 15.1. The van der Waals surface area contributed by atoms with Gasteiger partial charge in [-0.15, -0.1) is 0 Å². The Labute approximate surface area is 105 Å². The molecule has 4 heteroatoms. The molecule has 0 aliphatic carbocycles. The quantitative estimate of drug-likeness (QED) is 0.867. The summed E-state index contributed by atoms with van der Waals surface area (Å²) in [4.78, 5) is 2.07. The van der Waals surface area contributed by atoms with E-state index in [1.165, 1.54) is 0 Å². The minimum Gasteiger partial charge on any atom is -0.392 e. The Morgan fingerprint density at radius 3 is 2.56 bits per heavy atom. The Morgan fingerprint density at radius 1 is 1.44 bits per heavy atom. The molecule has 0 aliphatic heterocycles. The number of likely N-dealkylation sites (N-methyl/N-ethyl adjacent to an activating group) is 1. The van der Waals surface area contributed by atoms with E-state index in [0.29, 0.717) is 13.1 Å². The highest BCUT2D eigenvalue weighted by Crippen LogP contribution is 2.26. The first-order valence-corrected chi connectivity index (χ1v) is 6.18. The lowest BCUT2D eigenvalue weighted by molar-refractivity contribution is 0.119. The van der Waals surface area contributed by atoms with Crippen LogP contribution >= 0.6 is 15.9 Å². The van der Waals surface area contributed by atoms with E-state index in [-0.39, 0.29) is 12.1 Å². The number of hydrogen-bond donors (Lipinski definition) is 2. The second-order valence-electron chi connectivity index (χ2n) is 4.06. The van der Waals surface area contributed by atoms with Crippen LogP contribution in [-0.2, 0) is 0 Å². The monoisotopic (exact) mass is 286 g/mol. The van der Waals surface area contributed by atoms with Crippen molar-refractivity contribution < 1.29 is 5.11 Å². The van der Waals surface area contributed by atoms with E-state index in [1.54, 1.807) is 6.92 Å². The predicted molar refractivity (Wildman–Crippen MR) is 70.2 cm³/mol. The standard InChI is InChI=1S/C12H19BrN2O/c1-9(16)8-15(2)12(7-14)10-5-3-4-6-11(10)13/h3-6,9,12,16H,7-8,14H2,1-2H3. The Hall–Kier alpha value is -0.420. The van der Waals surface area contributed by atoms with Gasteiger partial charge >= 0.3 is 0 Å². The van der Waals surface area contributed by atoms with E-state index in [9.17, 15) is 5.11 Å². The number of benzene rings is 1. The van der Waals surface area contributed by atoms with Crippen molar-refractivity contribution in [2.75, 3.05) is 20.1 Å². The highest BCUT2D eigenvalue weighted by molar-refractivity contribution is 9.10. The van der Waals surface area contributed by atoms with Crippen LogP contribution in [0.3, 0.4) is 0 Å². The fraction of sp³-hybridized carbons (Fsp3) is 0.500. The van der Waals surface area contributed by atoms with Crippen LogP contribution in [0.2, 0.25) is 0 Å². The van der Waals surface area contributed by atoms with Gasteiger partial charge < -0.3 is 10.8 Å². The van der Waals surface area contributed by atoms with Crippen molar-refractivity contribution in [2.45, 2.75) is 19.1 Å². The first-order chi connectivity index (χ1) is 7.56. The van der Waals surface area contributed by atoms with Crippen LogP contribution in [-0.4, -0.2) is 36.2 Å². The molecule has 0 aliphatic rings. The summed E-state index contributed by atoms with van der Waals surface area (Å²) in [6.45, 7) is 2.93. The molecule has 1 aromatic carbocycles. The van der Waals surface area contributed by atoms with Crippen LogP contribution in [0.1, 0.15) is 18.5 Å². The molecule has 90 valence electrons. The highest BCUT2D eigenvalue weighted by Gasteiger charge is 2.18. The number of nitrogens with two attached hydrogens (primary N) is 1. The second-order valence-corrected chi connectivity index (χ2v) is 4.92. The maximum Gasteiger partial charge on any atom is 0.0639 e. The van der Waals surface area contributed by atoms with Gasteiger partial charge in [-0.2, -0.15) is 0 Å². The van der Waals surface area contributed by atoms with Gasteiger partial charge in [-0.1, -0.05) is 34.1 Å². The molecular formula is C12H19BrN2O. The lowest BCUT2D eigenvalue weighted by Crippen LogP contribution is -2.35. The van der Waals surface area contributed by atoms with Gasteiger partial charge in [0.05, 0.1) is 6.10 Å². The molecule has 0 amide bonds. The largest absolute Gasteiger partial charge is 0.392 e. The van der Waals surface area contributed by atoms with E-state index < -0.39 is 0 Å². The Morgan fingerprint density at radius 2 is 2.06 bits per heavy atom. The lowest BCUT2D eigenvalue weighted by atomic mass is 10.1. The maximum atomic E-state index is 9.39. The Bertz CT molecular complexity index is 331. The molecule has 0 aromatic heterocycles. The number of hydrogen-bond acceptors (Lipinski definition) is 3. The fourth-order valence-electron chi connectivity index (χ4n) is 1.83. The van der Waals surface area contributed by atoms with Crippen LogP contribution in [0, 0.1) is 0 Å². The van der Waals surface area contributed by atoms with Gasteiger partial charge in [-0.25, -0.2) is 0 Å². The Kier molecular flexibility index (Phi) is 5.41. The summed E-state index contributed by atoms with van der Waals surface area (Å²) in [6, 6.07) is 8.17. The third kappa shape index (κ3) is 3.56. The molecule has 3 N–H and O–H groups in total. The molecule has 0 saturated heterocycles. The van der Waals surface area contributed by atoms with Gasteiger partial charge in [-0.3, -0.25) is 4.90 Å².